The van der Waals surface area contributed by atoms with Crippen LogP contribution < -0.4 is 9.47 Å². The molecule has 0 spiro atoms. The van der Waals surface area contributed by atoms with Gasteiger partial charge >= 0.3 is 0 Å². The molecule has 1 aliphatic rings. The van der Waals surface area contributed by atoms with Gasteiger partial charge in [-0.2, -0.15) is 0 Å². The second-order valence-corrected chi connectivity index (χ2v) is 11.1. The third-order valence-corrected chi connectivity index (χ3v) is 8.36. The van der Waals surface area contributed by atoms with Gasteiger partial charge in [0, 0.05) is 4.47 Å². The first kappa shape index (κ1) is 26.6. The molecule has 1 heterocycles. The van der Waals surface area contributed by atoms with Crippen LogP contribution in [-0.2, 0) is 17.9 Å². The van der Waals surface area contributed by atoms with E-state index in [0.717, 1.165) is 33.7 Å². The molecule has 38 heavy (non-hydrogen) atoms. The first-order valence-electron chi connectivity index (χ1n) is 11.5. The summed E-state index contributed by atoms with van der Waals surface area (Å²) >= 11 is 16.6. The number of imide groups is 1. The number of carbonyl (C=O) groups is 2. The fraction of sp³-hybridized carbons (Fsp3) is 0.103. The molecule has 1 fully saturated rings. The van der Waals surface area contributed by atoms with Gasteiger partial charge in [-0.25, -0.2) is 0 Å². The second-order valence-electron chi connectivity index (χ2n) is 8.47. The fourth-order valence-corrected chi connectivity index (χ4v) is 5.69. The number of ether oxygens (including phenoxy) is 2. The summed E-state index contributed by atoms with van der Waals surface area (Å²) in [6.07, 6.45) is 1.68. The largest absolute Gasteiger partial charge is 0.493 e. The van der Waals surface area contributed by atoms with Gasteiger partial charge in [0.2, 0.25) is 0 Å². The quantitative estimate of drug-likeness (QED) is 0.192. The lowest BCUT2D eigenvalue weighted by molar-refractivity contribution is -0.123. The average Bonchev–Trinajstić information content (AvgIpc) is 3.18. The summed E-state index contributed by atoms with van der Waals surface area (Å²) in [5.74, 6) is 0.653. The summed E-state index contributed by atoms with van der Waals surface area (Å²) in [6.45, 7) is 0.460. The number of thioether (sulfide) groups is 1. The highest BCUT2D eigenvalue weighted by molar-refractivity contribution is 9.10. The van der Waals surface area contributed by atoms with Crippen LogP contribution in [0.4, 0.5) is 4.79 Å². The van der Waals surface area contributed by atoms with Crippen LogP contribution in [-0.4, -0.2) is 23.2 Å². The predicted molar refractivity (Wildman–Crippen MR) is 157 cm³/mol. The number of carbonyl (C=O) groups excluding carboxylic acids is 2. The molecule has 9 heteroatoms. The van der Waals surface area contributed by atoms with E-state index in [1.807, 2.05) is 48.5 Å². The van der Waals surface area contributed by atoms with Crippen molar-refractivity contribution in [2.75, 3.05) is 7.11 Å². The third kappa shape index (κ3) is 5.57. The van der Waals surface area contributed by atoms with Gasteiger partial charge in [-0.3, -0.25) is 14.5 Å². The molecule has 5 rings (SSSR count). The van der Waals surface area contributed by atoms with Gasteiger partial charge in [0.05, 0.1) is 28.6 Å². The molecule has 4 aromatic rings. The van der Waals surface area contributed by atoms with Gasteiger partial charge in [0.1, 0.15) is 6.61 Å². The van der Waals surface area contributed by atoms with Crippen LogP contribution in [0.15, 0.2) is 82.2 Å². The Balaban J connectivity index is 1.36. The van der Waals surface area contributed by atoms with E-state index in [1.165, 1.54) is 12.0 Å². The number of fused-ring (bicyclic) bond motifs is 1. The minimum absolute atomic E-state index is 0.204. The average molecular weight is 629 g/mol. The summed E-state index contributed by atoms with van der Waals surface area (Å²) < 4.78 is 12.2. The zero-order valence-corrected chi connectivity index (χ0v) is 24.0. The van der Waals surface area contributed by atoms with Gasteiger partial charge in [0.25, 0.3) is 11.1 Å². The van der Waals surface area contributed by atoms with Crippen LogP contribution in [0.5, 0.6) is 11.5 Å². The molecule has 0 unspecified atom stereocenters. The Labute approximate surface area is 242 Å². The smallest absolute Gasteiger partial charge is 0.293 e. The first-order valence-corrected chi connectivity index (χ1v) is 13.9. The highest BCUT2D eigenvalue weighted by atomic mass is 79.9. The van der Waals surface area contributed by atoms with E-state index in [1.54, 1.807) is 30.3 Å². The van der Waals surface area contributed by atoms with E-state index in [-0.39, 0.29) is 24.3 Å². The Morgan fingerprint density at radius 1 is 0.947 bits per heavy atom. The monoisotopic (exact) mass is 627 g/mol. The van der Waals surface area contributed by atoms with Crippen LogP contribution in [0.1, 0.15) is 16.7 Å². The predicted octanol–water partition coefficient (Wildman–Crippen LogP) is 8.73. The lowest BCUT2D eigenvalue weighted by Gasteiger charge is -2.14. The Morgan fingerprint density at radius 2 is 1.74 bits per heavy atom. The van der Waals surface area contributed by atoms with E-state index in [4.69, 9.17) is 32.7 Å². The van der Waals surface area contributed by atoms with Crippen molar-refractivity contribution in [1.82, 2.24) is 4.90 Å². The van der Waals surface area contributed by atoms with Crippen molar-refractivity contribution in [2.45, 2.75) is 13.2 Å². The standard InChI is InChI=1S/C29H20BrCl2NO4S/c1-36-25-12-20(22(30)14-26(25)37-16-17-9-10-23(31)24(32)11-17)13-27-28(34)33(29(35)38-27)15-19-7-4-6-18-5-2-3-8-21(18)19/h2-14H,15-16H2,1H3/b27-13+. The Bertz CT molecular complexity index is 1600. The van der Waals surface area contributed by atoms with Crippen LogP contribution >= 0.6 is 50.9 Å². The molecule has 2 amide bonds. The number of hydrogen-bond donors (Lipinski definition) is 0. The van der Waals surface area contributed by atoms with Gasteiger partial charge in [-0.05, 0) is 69.6 Å². The van der Waals surface area contributed by atoms with Crippen molar-refractivity contribution in [3.05, 3.63) is 109 Å². The summed E-state index contributed by atoms with van der Waals surface area (Å²) in [5, 5.41) is 2.69. The zero-order valence-electron chi connectivity index (χ0n) is 20.0. The highest BCUT2D eigenvalue weighted by Gasteiger charge is 2.35. The Kier molecular flexibility index (Phi) is 8.00. The molecule has 1 aliphatic heterocycles. The molecule has 0 aromatic heterocycles. The minimum atomic E-state index is -0.334. The lowest BCUT2D eigenvalue weighted by atomic mass is 10.0. The van der Waals surface area contributed by atoms with E-state index >= 15 is 0 Å². The number of benzene rings is 4. The maximum absolute atomic E-state index is 13.2. The molecule has 0 radical (unpaired) electrons. The maximum Gasteiger partial charge on any atom is 0.293 e. The zero-order chi connectivity index (χ0) is 26.8. The van der Waals surface area contributed by atoms with Gasteiger partial charge in [0.15, 0.2) is 11.5 Å². The topological polar surface area (TPSA) is 55.8 Å². The van der Waals surface area contributed by atoms with Crippen LogP contribution in [0, 0.1) is 0 Å². The summed E-state index contributed by atoms with van der Waals surface area (Å²) in [7, 11) is 1.54. The molecule has 192 valence electrons. The van der Waals surface area contributed by atoms with Gasteiger partial charge in [-0.15, -0.1) is 0 Å². The van der Waals surface area contributed by atoms with Crippen molar-refractivity contribution in [2.24, 2.45) is 0 Å². The molecule has 0 saturated carbocycles. The number of rotatable bonds is 7. The fourth-order valence-electron chi connectivity index (χ4n) is 4.10. The highest BCUT2D eigenvalue weighted by Crippen LogP contribution is 2.39. The van der Waals surface area contributed by atoms with E-state index < -0.39 is 0 Å². The van der Waals surface area contributed by atoms with E-state index in [0.29, 0.717) is 36.5 Å². The van der Waals surface area contributed by atoms with Crippen molar-refractivity contribution in [3.8, 4) is 11.5 Å². The van der Waals surface area contributed by atoms with Crippen molar-refractivity contribution < 1.29 is 19.1 Å². The minimum Gasteiger partial charge on any atom is -0.493 e. The maximum atomic E-state index is 13.2. The number of halogens is 3. The second kappa shape index (κ2) is 11.4. The summed E-state index contributed by atoms with van der Waals surface area (Å²) in [5.41, 5.74) is 2.44. The van der Waals surface area contributed by atoms with Crippen LogP contribution in [0.2, 0.25) is 10.0 Å². The van der Waals surface area contributed by atoms with E-state index in [2.05, 4.69) is 15.9 Å². The molecule has 5 nitrogen and oxygen atoms in total. The van der Waals surface area contributed by atoms with E-state index in [9.17, 15) is 9.59 Å². The molecule has 0 bridgehead atoms. The SMILES string of the molecule is COc1cc(/C=C2/SC(=O)N(Cc3cccc4ccccc34)C2=O)c(Br)cc1OCc1ccc(Cl)c(Cl)c1. The number of amides is 2. The normalized spacial score (nSPS) is 14.5. The molecular weight excluding hydrogens is 609 g/mol. The van der Waals surface area contributed by atoms with Gasteiger partial charge < -0.3 is 9.47 Å². The van der Waals surface area contributed by atoms with Crippen LogP contribution in [0.25, 0.3) is 16.8 Å². The Morgan fingerprint density at radius 3 is 2.53 bits per heavy atom. The van der Waals surface area contributed by atoms with Crippen molar-refractivity contribution in [1.29, 1.82) is 0 Å². The third-order valence-electron chi connectivity index (χ3n) is 6.03. The first-order chi connectivity index (χ1) is 18.3. The molecular formula is C29H20BrCl2NO4S. The molecule has 0 atom stereocenters. The summed E-state index contributed by atoms with van der Waals surface area (Å²) in [4.78, 5) is 27.6. The van der Waals surface area contributed by atoms with Crippen LogP contribution in [0.3, 0.4) is 0 Å². The van der Waals surface area contributed by atoms with Crippen molar-refractivity contribution in [3.63, 3.8) is 0 Å². The summed E-state index contributed by atoms with van der Waals surface area (Å²) in [6, 6.07) is 22.6. The molecule has 0 aliphatic carbocycles. The Hall–Kier alpha value is -2.97. The number of hydrogen-bond acceptors (Lipinski definition) is 5. The number of methoxy groups -OCH3 is 1. The van der Waals surface area contributed by atoms with Gasteiger partial charge in [-0.1, -0.05) is 87.7 Å². The molecule has 4 aromatic carbocycles. The van der Waals surface area contributed by atoms with Crippen molar-refractivity contribution >= 4 is 78.9 Å². The molecule has 0 N–H and O–H groups in total. The lowest BCUT2D eigenvalue weighted by Crippen LogP contribution is -2.27. The molecule has 1 saturated heterocycles. The number of nitrogens with zero attached hydrogens (tertiary/aromatic N) is 1.